The summed E-state index contributed by atoms with van der Waals surface area (Å²) < 4.78 is 10.2. The van der Waals surface area contributed by atoms with Crippen LogP contribution in [-0.4, -0.2) is 37.4 Å². The topological polar surface area (TPSA) is 111 Å². The summed E-state index contributed by atoms with van der Waals surface area (Å²) in [5.41, 5.74) is 1.15. The van der Waals surface area contributed by atoms with Crippen molar-refractivity contribution in [2.24, 2.45) is 5.92 Å². The highest BCUT2D eigenvalue weighted by Gasteiger charge is 2.23. The number of rotatable bonds is 8. The van der Waals surface area contributed by atoms with Gasteiger partial charge in [-0.05, 0) is 48.7 Å². The number of carbonyl (C=O) groups is 4. The van der Waals surface area contributed by atoms with Crippen molar-refractivity contribution in [2.45, 2.75) is 32.1 Å². The van der Waals surface area contributed by atoms with Gasteiger partial charge in [-0.15, -0.1) is 0 Å². The Morgan fingerprint density at radius 2 is 1.68 bits per heavy atom. The number of nitrogens with one attached hydrogen (secondary N) is 2. The Morgan fingerprint density at radius 3 is 2.38 bits per heavy atom. The molecule has 2 aromatic carbocycles. The van der Waals surface area contributed by atoms with Gasteiger partial charge in [0, 0.05) is 12.0 Å². The van der Waals surface area contributed by atoms with Crippen molar-refractivity contribution in [2.75, 3.05) is 19.0 Å². The van der Waals surface area contributed by atoms with E-state index in [4.69, 9.17) is 9.47 Å². The first-order valence-corrected chi connectivity index (χ1v) is 11.2. The standard InChI is InChI=1S/C26H28N2O6/c1-33-20-14-11-18(12-15-20)13-16-23(29)27-22-10-6-5-9-21(22)26(32)34-17-24(30)28-25(31)19-7-3-2-4-8-19/h5-6,9-16,19H,2-4,7-8,17H2,1H3,(H,27,29)(H,28,30,31)/b16-13+. The molecule has 1 aliphatic carbocycles. The first kappa shape index (κ1) is 24.7. The van der Waals surface area contributed by atoms with Crippen molar-refractivity contribution in [3.05, 3.63) is 65.7 Å². The maximum absolute atomic E-state index is 12.5. The van der Waals surface area contributed by atoms with Crippen molar-refractivity contribution in [3.63, 3.8) is 0 Å². The monoisotopic (exact) mass is 464 g/mol. The molecule has 34 heavy (non-hydrogen) atoms. The zero-order valence-corrected chi connectivity index (χ0v) is 19.0. The fraction of sp³-hybridized carbons (Fsp3) is 0.308. The fourth-order valence-electron chi connectivity index (χ4n) is 3.68. The second kappa shape index (κ2) is 12.3. The third-order valence-electron chi connectivity index (χ3n) is 5.52. The highest BCUT2D eigenvalue weighted by atomic mass is 16.5. The number of amides is 3. The quantitative estimate of drug-likeness (QED) is 0.455. The molecule has 8 nitrogen and oxygen atoms in total. The Morgan fingerprint density at radius 1 is 0.971 bits per heavy atom. The first-order valence-electron chi connectivity index (χ1n) is 11.2. The smallest absolute Gasteiger partial charge is 0.340 e. The van der Waals surface area contributed by atoms with Crippen LogP contribution in [0.5, 0.6) is 5.75 Å². The van der Waals surface area contributed by atoms with Gasteiger partial charge < -0.3 is 14.8 Å². The Balaban J connectivity index is 1.53. The van der Waals surface area contributed by atoms with Gasteiger partial charge in [0.2, 0.25) is 11.8 Å². The summed E-state index contributed by atoms with van der Waals surface area (Å²) >= 11 is 0. The van der Waals surface area contributed by atoms with E-state index in [1.165, 1.54) is 12.1 Å². The molecule has 0 saturated heterocycles. The molecule has 2 aromatic rings. The highest BCUT2D eigenvalue weighted by molar-refractivity contribution is 6.06. The molecular formula is C26H28N2O6. The summed E-state index contributed by atoms with van der Waals surface area (Å²) in [4.78, 5) is 49.1. The minimum atomic E-state index is -0.782. The first-order chi connectivity index (χ1) is 16.5. The lowest BCUT2D eigenvalue weighted by molar-refractivity contribution is -0.135. The number of para-hydroxylation sites is 1. The van der Waals surface area contributed by atoms with E-state index < -0.39 is 24.4 Å². The van der Waals surface area contributed by atoms with Crippen molar-refractivity contribution in [1.82, 2.24) is 5.32 Å². The molecule has 0 bridgehead atoms. The number of methoxy groups -OCH3 is 1. The molecule has 1 aliphatic rings. The number of esters is 1. The summed E-state index contributed by atoms with van der Waals surface area (Å²) in [6.45, 7) is -0.586. The largest absolute Gasteiger partial charge is 0.497 e. The van der Waals surface area contributed by atoms with E-state index in [-0.39, 0.29) is 23.1 Å². The molecular weight excluding hydrogens is 436 g/mol. The van der Waals surface area contributed by atoms with Gasteiger partial charge in [-0.2, -0.15) is 0 Å². The van der Waals surface area contributed by atoms with Gasteiger partial charge in [-0.25, -0.2) is 4.79 Å². The van der Waals surface area contributed by atoms with E-state index in [1.807, 2.05) is 0 Å². The molecule has 178 valence electrons. The van der Waals surface area contributed by atoms with Crippen LogP contribution in [0.15, 0.2) is 54.6 Å². The number of benzene rings is 2. The van der Waals surface area contributed by atoms with E-state index in [0.29, 0.717) is 5.75 Å². The molecule has 0 atom stereocenters. The second-order valence-electron chi connectivity index (χ2n) is 7.96. The molecule has 0 radical (unpaired) electrons. The highest BCUT2D eigenvalue weighted by Crippen LogP contribution is 2.23. The molecule has 1 fully saturated rings. The Labute approximate surface area is 198 Å². The SMILES string of the molecule is COc1ccc(/C=C/C(=O)Nc2ccccc2C(=O)OCC(=O)NC(=O)C2CCCCC2)cc1. The van der Waals surface area contributed by atoms with E-state index in [0.717, 1.165) is 37.7 Å². The lowest BCUT2D eigenvalue weighted by atomic mass is 9.89. The zero-order valence-electron chi connectivity index (χ0n) is 19.0. The number of ether oxygens (including phenoxy) is 2. The minimum Gasteiger partial charge on any atom is -0.497 e. The van der Waals surface area contributed by atoms with Crippen LogP contribution < -0.4 is 15.4 Å². The Bertz CT molecular complexity index is 1060. The Hall–Kier alpha value is -3.94. The van der Waals surface area contributed by atoms with E-state index >= 15 is 0 Å². The average Bonchev–Trinajstić information content (AvgIpc) is 2.87. The van der Waals surface area contributed by atoms with Gasteiger partial charge in [-0.1, -0.05) is 43.5 Å². The number of hydrogen-bond acceptors (Lipinski definition) is 6. The molecule has 3 rings (SSSR count). The van der Waals surface area contributed by atoms with Crippen LogP contribution in [0.4, 0.5) is 5.69 Å². The molecule has 8 heteroatoms. The second-order valence-corrected chi connectivity index (χ2v) is 7.96. The summed E-state index contributed by atoms with van der Waals surface area (Å²) in [7, 11) is 1.57. The molecule has 3 amide bonds. The van der Waals surface area contributed by atoms with Crippen LogP contribution in [0.25, 0.3) is 6.08 Å². The molecule has 0 spiro atoms. The Kier molecular flexibility index (Phi) is 8.96. The van der Waals surface area contributed by atoms with E-state index in [9.17, 15) is 19.2 Å². The molecule has 0 unspecified atom stereocenters. The van der Waals surface area contributed by atoms with Crippen molar-refractivity contribution in [1.29, 1.82) is 0 Å². The maximum atomic E-state index is 12.5. The van der Waals surface area contributed by atoms with Gasteiger partial charge in [0.1, 0.15) is 5.75 Å². The molecule has 1 saturated carbocycles. The number of carbonyl (C=O) groups excluding carboxylic acids is 4. The lowest BCUT2D eigenvalue weighted by Gasteiger charge is -2.20. The third-order valence-corrected chi connectivity index (χ3v) is 5.52. The number of hydrogen-bond donors (Lipinski definition) is 2. The molecule has 0 aromatic heterocycles. The number of imide groups is 1. The van der Waals surface area contributed by atoms with Crippen LogP contribution in [0.3, 0.4) is 0 Å². The predicted molar refractivity (Wildman–Crippen MR) is 127 cm³/mol. The van der Waals surface area contributed by atoms with Crippen LogP contribution in [0, 0.1) is 5.92 Å². The van der Waals surface area contributed by atoms with Gasteiger partial charge in [-0.3, -0.25) is 19.7 Å². The summed E-state index contributed by atoms with van der Waals surface area (Å²) in [5.74, 6) is -1.68. The number of anilines is 1. The average molecular weight is 465 g/mol. The molecule has 0 aliphatic heterocycles. The summed E-state index contributed by atoms with van der Waals surface area (Å²) in [5, 5.41) is 4.94. The normalized spacial score (nSPS) is 13.8. The van der Waals surface area contributed by atoms with Gasteiger partial charge in [0.05, 0.1) is 18.4 Å². The fourth-order valence-corrected chi connectivity index (χ4v) is 3.68. The zero-order chi connectivity index (χ0) is 24.3. The van der Waals surface area contributed by atoms with Gasteiger partial charge in [0.15, 0.2) is 6.61 Å². The van der Waals surface area contributed by atoms with Crippen LogP contribution in [0.1, 0.15) is 48.0 Å². The van der Waals surface area contributed by atoms with Crippen LogP contribution in [0.2, 0.25) is 0 Å². The third kappa shape index (κ3) is 7.30. The van der Waals surface area contributed by atoms with E-state index in [2.05, 4.69) is 10.6 Å². The molecule has 0 heterocycles. The predicted octanol–water partition coefficient (Wildman–Crippen LogP) is 3.73. The van der Waals surface area contributed by atoms with Gasteiger partial charge >= 0.3 is 5.97 Å². The van der Waals surface area contributed by atoms with Crippen molar-refractivity contribution < 1.29 is 28.7 Å². The van der Waals surface area contributed by atoms with Gasteiger partial charge in [0.25, 0.3) is 5.91 Å². The minimum absolute atomic E-state index is 0.0973. The van der Waals surface area contributed by atoms with Crippen molar-refractivity contribution >= 4 is 35.5 Å². The lowest BCUT2D eigenvalue weighted by Crippen LogP contribution is -2.38. The molecule has 2 N–H and O–H groups in total. The van der Waals surface area contributed by atoms with Crippen molar-refractivity contribution in [3.8, 4) is 5.75 Å². The summed E-state index contributed by atoms with van der Waals surface area (Å²) in [6, 6.07) is 13.5. The maximum Gasteiger partial charge on any atom is 0.340 e. The van der Waals surface area contributed by atoms with Crippen LogP contribution in [-0.2, 0) is 19.1 Å². The summed E-state index contributed by atoms with van der Waals surface area (Å²) in [6.07, 6.45) is 7.54. The van der Waals surface area contributed by atoms with Crippen LogP contribution >= 0.6 is 0 Å². The van der Waals surface area contributed by atoms with E-state index in [1.54, 1.807) is 55.7 Å².